The molecule has 2 nitrogen and oxygen atoms in total. The third-order valence-corrected chi connectivity index (χ3v) is 3.21. The Hall–Kier alpha value is -0.800. The lowest BCUT2D eigenvalue weighted by Gasteiger charge is -2.12. The van der Waals surface area contributed by atoms with Gasteiger partial charge in [0.15, 0.2) is 0 Å². The summed E-state index contributed by atoms with van der Waals surface area (Å²) in [5.41, 5.74) is 1.43. The smallest absolute Gasteiger partial charge is 0.144 e. The standard InChI is InChI=1S/C13H15Cl2FN2/c1-7(2)6-18-12-4-9(15)10(16)5-11(12)17-13(18)8(3)14/h4-5,7-8H,6H2,1-3H3. The highest BCUT2D eigenvalue weighted by Crippen LogP contribution is 2.28. The minimum Gasteiger partial charge on any atom is -0.326 e. The molecule has 0 saturated heterocycles. The van der Waals surface area contributed by atoms with E-state index in [4.69, 9.17) is 23.2 Å². The number of hydrogen-bond acceptors (Lipinski definition) is 1. The average molecular weight is 289 g/mol. The van der Waals surface area contributed by atoms with Gasteiger partial charge in [0.2, 0.25) is 0 Å². The average Bonchev–Trinajstić information content (AvgIpc) is 2.57. The number of imidazole rings is 1. The summed E-state index contributed by atoms with van der Waals surface area (Å²) < 4.78 is 15.5. The zero-order chi connectivity index (χ0) is 13.4. The van der Waals surface area contributed by atoms with Gasteiger partial charge >= 0.3 is 0 Å². The van der Waals surface area contributed by atoms with Crippen LogP contribution in [0.4, 0.5) is 4.39 Å². The van der Waals surface area contributed by atoms with Crippen LogP contribution in [0, 0.1) is 11.7 Å². The fraction of sp³-hybridized carbons (Fsp3) is 0.462. The van der Waals surface area contributed by atoms with Gasteiger partial charge in [0.05, 0.1) is 21.4 Å². The number of fused-ring (bicyclic) bond motifs is 1. The van der Waals surface area contributed by atoms with Crippen LogP contribution in [0.3, 0.4) is 0 Å². The number of nitrogens with zero attached hydrogens (tertiary/aromatic N) is 2. The highest BCUT2D eigenvalue weighted by atomic mass is 35.5. The van der Waals surface area contributed by atoms with Crippen molar-refractivity contribution in [3.05, 3.63) is 28.8 Å². The molecule has 0 aliphatic carbocycles. The van der Waals surface area contributed by atoms with Crippen LogP contribution in [0.25, 0.3) is 11.0 Å². The zero-order valence-corrected chi connectivity index (χ0v) is 12.1. The van der Waals surface area contributed by atoms with E-state index in [1.54, 1.807) is 6.07 Å². The van der Waals surface area contributed by atoms with Gasteiger partial charge in [0, 0.05) is 12.6 Å². The van der Waals surface area contributed by atoms with E-state index in [1.165, 1.54) is 6.07 Å². The first kappa shape index (κ1) is 13.6. The minimum atomic E-state index is -0.452. The second kappa shape index (κ2) is 5.06. The molecule has 2 rings (SSSR count). The first-order valence-corrected chi connectivity index (χ1v) is 6.70. The summed E-state index contributed by atoms with van der Waals surface area (Å²) in [4.78, 5) is 4.40. The highest BCUT2D eigenvalue weighted by Gasteiger charge is 2.17. The molecule has 1 atom stereocenters. The van der Waals surface area contributed by atoms with Crippen molar-refractivity contribution in [2.75, 3.05) is 0 Å². The predicted octanol–water partition coefficient (Wildman–Crippen LogP) is 4.78. The summed E-state index contributed by atoms with van der Waals surface area (Å²) in [5.74, 6) is 0.745. The molecule has 1 unspecified atom stereocenters. The Balaban J connectivity index is 2.68. The van der Waals surface area contributed by atoms with E-state index in [0.717, 1.165) is 17.9 Å². The topological polar surface area (TPSA) is 17.8 Å². The molecule has 0 amide bonds. The predicted molar refractivity (Wildman–Crippen MR) is 73.8 cm³/mol. The molecule has 1 aromatic carbocycles. The van der Waals surface area contributed by atoms with Crippen LogP contribution < -0.4 is 0 Å². The molecule has 0 fully saturated rings. The van der Waals surface area contributed by atoms with Crippen LogP contribution in [0.15, 0.2) is 12.1 Å². The summed E-state index contributed by atoms with van der Waals surface area (Å²) in [5, 5.41) is -0.112. The first-order valence-electron chi connectivity index (χ1n) is 5.89. The monoisotopic (exact) mass is 288 g/mol. The molecule has 0 N–H and O–H groups in total. The van der Waals surface area contributed by atoms with Crippen LogP contribution in [0.1, 0.15) is 32.0 Å². The van der Waals surface area contributed by atoms with Crippen molar-refractivity contribution in [3.63, 3.8) is 0 Å². The molecule has 2 aromatic rings. The number of rotatable bonds is 3. The minimum absolute atomic E-state index is 0.112. The molecule has 0 bridgehead atoms. The maximum atomic E-state index is 13.4. The van der Waals surface area contributed by atoms with E-state index in [1.807, 2.05) is 11.5 Å². The molecule has 0 aliphatic rings. The van der Waals surface area contributed by atoms with Crippen molar-refractivity contribution in [2.45, 2.75) is 32.7 Å². The van der Waals surface area contributed by atoms with Gasteiger partial charge in [0.1, 0.15) is 11.6 Å². The van der Waals surface area contributed by atoms with Crippen molar-refractivity contribution in [3.8, 4) is 0 Å². The van der Waals surface area contributed by atoms with Crippen molar-refractivity contribution in [1.82, 2.24) is 9.55 Å². The maximum Gasteiger partial charge on any atom is 0.144 e. The van der Waals surface area contributed by atoms with Crippen molar-refractivity contribution >= 4 is 34.2 Å². The number of halogens is 3. The van der Waals surface area contributed by atoms with Crippen molar-refractivity contribution < 1.29 is 4.39 Å². The molecule has 98 valence electrons. The van der Waals surface area contributed by atoms with E-state index in [9.17, 15) is 4.39 Å². The Bertz CT molecular complexity index is 576. The van der Waals surface area contributed by atoms with E-state index < -0.39 is 5.82 Å². The van der Waals surface area contributed by atoms with Crippen LogP contribution in [-0.4, -0.2) is 9.55 Å². The van der Waals surface area contributed by atoms with Crippen molar-refractivity contribution in [2.24, 2.45) is 5.92 Å². The normalized spacial score (nSPS) is 13.5. The maximum absolute atomic E-state index is 13.4. The Labute approximate surface area is 116 Å². The molecular weight excluding hydrogens is 274 g/mol. The molecule has 1 heterocycles. The van der Waals surface area contributed by atoms with E-state index in [-0.39, 0.29) is 10.4 Å². The molecule has 18 heavy (non-hydrogen) atoms. The van der Waals surface area contributed by atoms with Gasteiger partial charge in [-0.15, -0.1) is 11.6 Å². The summed E-state index contributed by atoms with van der Waals surface area (Å²) in [6, 6.07) is 2.97. The first-order chi connectivity index (χ1) is 8.40. The lowest BCUT2D eigenvalue weighted by atomic mass is 10.2. The number of hydrogen-bond donors (Lipinski definition) is 0. The van der Waals surface area contributed by atoms with Gasteiger partial charge in [-0.05, 0) is 18.9 Å². The summed E-state index contributed by atoms with van der Waals surface area (Å²) in [6.07, 6.45) is 0. The fourth-order valence-corrected chi connectivity index (χ4v) is 2.32. The number of aromatic nitrogens is 2. The Morgan fingerprint density at radius 3 is 2.56 bits per heavy atom. The van der Waals surface area contributed by atoms with Gasteiger partial charge in [-0.1, -0.05) is 25.4 Å². The molecule has 1 aromatic heterocycles. The van der Waals surface area contributed by atoms with Crippen LogP contribution >= 0.6 is 23.2 Å². The van der Waals surface area contributed by atoms with Gasteiger partial charge in [-0.3, -0.25) is 0 Å². The van der Waals surface area contributed by atoms with Gasteiger partial charge in [0.25, 0.3) is 0 Å². The van der Waals surface area contributed by atoms with Gasteiger partial charge in [-0.25, -0.2) is 9.37 Å². The number of benzene rings is 1. The third-order valence-electron chi connectivity index (χ3n) is 2.72. The molecule has 5 heteroatoms. The Kier molecular flexibility index (Phi) is 3.83. The van der Waals surface area contributed by atoms with Gasteiger partial charge in [-0.2, -0.15) is 0 Å². The van der Waals surface area contributed by atoms with E-state index >= 15 is 0 Å². The molecule has 0 spiro atoms. The Morgan fingerprint density at radius 2 is 2.00 bits per heavy atom. The Morgan fingerprint density at radius 1 is 1.33 bits per heavy atom. The lowest BCUT2D eigenvalue weighted by Crippen LogP contribution is -2.09. The van der Waals surface area contributed by atoms with E-state index in [0.29, 0.717) is 11.4 Å². The molecule has 0 radical (unpaired) electrons. The molecule has 0 aliphatic heterocycles. The van der Waals surface area contributed by atoms with E-state index in [2.05, 4.69) is 18.8 Å². The van der Waals surface area contributed by atoms with Crippen molar-refractivity contribution in [1.29, 1.82) is 0 Å². The largest absolute Gasteiger partial charge is 0.326 e. The summed E-state index contributed by atoms with van der Waals surface area (Å²) in [7, 11) is 0. The second-order valence-corrected chi connectivity index (χ2v) is 5.91. The third kappa shape index (κ3) is 2.47. The fourth-order valence-electron chi connectivity index (χ4n) is 2.00. The molecular formula is C13H15Cl2FN2. The lowest BCUT2D eigenvalue weighted by molar-refractivity contribution is 0.517. The quantitative estimate of drug-likeness (QED) is 0.743. The summed E-state index contributed by atoms with van der Waals surface area (Å²) >= 11 is 12.0. The molecule has 0 saturated carbocycles. The number of alkyl halides is 1. The SMILES string of the molecule is CC(C)Cn1c(C(C)Cl)nc2cc(F)c(Cl)cc21. The van der Waals surface area contributed by atoms with Gasteiger partial charge < -0.3 is 4.57 Å². The van der Waals surface area contributed by atoms with Crippen LogP contribution in [0.5, 0.6) is 0 Å². The highest BCUT2D eigenvalue weighted by molar-refractivity contribution is 6.31. The van der Waals surface area contributed by atoms with Crippen LogP contribution in [0.2, 0.25) is 5.02 Å². The zero-order valence-electron chi connectivity index (χ0n) is 10.5. The van der Waals surface area contributed by atoms with Crippen LogP contribution in [-0.2, 0) is 6.54 Å². The second-order valence-electron chi connectivity index (χ2n) is 4.85. The summed E-state index contributed by atoms with van der Waals surface area (Å²) in [6.45, 7) is 6.86.